The molecule has 3 heterocycles. The summed E-state index contributed by atoms with van der Waals surface area (Å²) in [5.41, 5.74) is 0.672. The van der Waals surface area contributed by atoms with Crippen LogP contribution in [0.4, 0.5) is 14.6 Å². The van der Waals surface area contributed by atoms with Gasteiger partial charge in [0, 0.05) is 38.2 Å². The van der Waals surface area contributed by atoms with E-state index in [1.54, 1.807) is 13.0 Å². The SMILES string of the molecule is Cc1ccc(S(=O)(=O)N2CCCOC2C(=O)N(C)C2CCC(F)(F)CC2)c(N2[C@@H](C)COC[C@@H]2C)n1. The van der Waals surface area contributed by atoms with Gasteiger partial charge >= 0.3 is 0 Å². The van der Waals surface area contributed by atoms with Crippen LogP contribution in [-0.2, 0) is 24.3 Å². The largest absolute Gasteiger partial charge is 0.377 e. The molecule has 3 fully saturated rings. The Morgan fingerprint density at radius 2 is 1.81 bits per heavy atom. The molecule has 0 bridgehead atoms. The van der Waals surface area contributed by atoms with Gasteiger partial charge in [-0.15, -0.1) is 0 Å². The summed E-state index contributed by atoms with van der Waals surface area (Å²) in [4.78, 5) is 21.4. The van der Waals surface area contributed by atoms with Crippen LogP contribution in [0.3, 0.4) is 0 Å². The number of morpholine rings is 1. The molecule has 4 rings (SSSR count). The van der Waals surface area contributed by atoms with E-state index in [2.05, 4.69) is 4.98 Å². The molecule has 3 aliphatic rings. The summed E-state index contributed by atoms with van der Waals surface area (Å²) in [6.07, 6.45) is -1.19. The Morgan fingerprint density at radius 3 is 2.44 bits per heavy atom. The van der Waals surface area contributed by atoms with Gasteiger partial charge in [0.25, 0.3) is 5.91 Å². The number of carbonyl (C=O) groups is 1. The molecule has 9 nitrogen and oxygen atoms in total. The van der Waals surface area contributed by atoms with Gasteiger partial charge in [0.05, 0.1) is 31.9 Å². The minimum Gasteiger partial charge on any atom is -0.377 e. The van der Waals surface area contributed by atoms with Crippen LogP contribution >= 0.6 is 0 Å². The summed E-state index contributed by atoms with van der Waals surface area (Å²) in [5.74, 6) is -2.93. The Hall–Kier alpha value is -1.89. The molecule has 1 aliphatic carbocycles. The van der Waals surface area contributed by atoms with Crippen molar-refractivity contribution < 1.29 is 31.5 Å². The normalized spacial score (nSPS) is 28.2. The number of aryl methyl sites for hydroxylation is 1. The van der Waals surface area contributed by atoms with Crippen LogP contribution in [0.25, 0.3) is 0 Å². The number of likely N-dealkylation sites (N-methyl/N-ethyl adjacent to an activating group) is 1. The van der Waals surface area contributed by atoms with Crippen LogP contribution < -0.4 is 4.90 Å². The van der Waals surface area contributed by atoms with Crippen LogP contribution in [0.2, 0.25) is 0 Å². The number of aromatic nitrogens is 1. The van der Waals surface area contributed by atoms with Crippen molar-refractivity contribution in [2.24, 2.45) is 0 Å². The summed E-state index contributed by atoms with van der Waals surface area (Å²) in [6, 6.07) is 2.59. The molecular formula is C24H36F2N4O5S. The van der Waals surface area contributed by atoms with Crippen molar-refractivity contribution in [1.29, 1.82) is 0 Å². The van der Waals surface area contributed by atoms with E-state index in [4.69, 9.17) is 9.47 Å². The van der Waals surface area contributed by atoms with E-state index < -0.39 is 28.1 Å². The van der Waals surface area contributed by atoms with Gasteiger partial charge in [0.15, 0.2) is 0 Å². The number of carbonyl (C=O) groups excluding carboxylic acids is 1. The summed E-state index contributed by atoms with van der Waals surface area (Å²) >= 11 is 0. The van der Waals surface area contributed by atoms with Gasteiger partial charge in [-0.3, -0.25) is 4.79 Å². The fourth-order valence-corrected chi connectivity index (χ4v) is 6.93. The van der Waals surface area contributed by atoms with Gasteiger partial charge in [0.1, 0.15) is 10.7 Å². The number of rotatable bonds is 5. The van der Waals surface area contributed by atoms with Crippen LogP contribution in [0.15, 0.2) is 17.0 Å². The molecule has 0 N–H and O–H groups in total. The molecule has 0 spiro atoms. The van der Waals surface area contributed by atoms with Crippen molar-refractivity contribution in [2.75, 3.05) is 38.3 Å². The average Bonchev–Trinajstić information content (AvgIpc) is 2.83. The maximum atomic E-state index is 14.1. The lowest BCUT2D eigenvalue weighted by Crippen LogP contribution is -2.57. The van der Waals surface area contributed by atoms with Crippen molar-refractivity contribution in [3.8, 4) is 0 Å². The monoisotopic (exact) mass is 530 g/mol. The number of pyridine rings is 1. The molecule has 3 atom stereocenters. The van der Waals surface area contributed by atoms with Crippen LogP contribution in [0, 0.1) is 6.92 Å². The first-order chi connectivity index (χ1) is 16.9. The van der Waals surface area contributed by atoms with E-state index in [9.17, 15) is 22.0 Å². The van der Waals surface area contributed by atoms with Crippen molar-refractivity contribution >= 4 is 21.7 Å². The van der Waals surface area contributed by atoms with Crippen molar-refractivity contribution in [1.82, 2.24) is 14.2 Å². The summed E-state index contributed by atoms with van der Waals surface area (Å²) in [5, 5.41) is 0. The number of nitrogens with zero attached hydrogens (tertiary/aromatic N) is 4. The Morgan fingerprint density at radius 1 is 1.17 bits per heavy atom. The third kappa shape index (κ3) is 5.36. The smallest absolute Gasteiger partial charge is 0.268 e. The van der Waals surface area contributed by atoms with Crippen molar-refractivity contribution in [3.05, 3.63) is 17.8 Å². The van der Waals surface area contributed by atoms with Gasteiger partial charge in [-0.2, -0.15) is 4.31 Å². The molecule has 1 aromatic rings. The maximum absolute atomic E-state index is 14.1. The minimum atomic E-state index is -4.19. The molecule has 202 valence electrons. The Bertz CT molecular complexity index is 1050. The molecule has 36 heavy (non-hydrogen) atoms. The van der Waals surface area contributed by atoms with E-state index in [0.29, 0.717) is 31.1 Å². The molecular weight excluding hydrogens is 494 g/mol. The van der Waals surface area contributed by atoms with E-state index in [1.165, 1.54) is 18.0 Å². The quantitative estimate of drug-likeness (QED) is 0.578. The molecule has 0 radical (unpaired) electrons. The topological polar surface area (TPSA) is 92.3 Å². The van der Waals surface area contributed by atoms with Crippen molar-refractivity contribution in [3.63, 3.8) is 0 Å². The Kier molecular flexibility index (Phi) is 7.89. The highest BCUT2D eigenvalue weighted by molar-refractivity contribution is 7.89. The number of halogens is 2. The average molecular weight is 531 g/mol. The fraction of sp³-hybridized carbons (Fsp3) is 0.750. The number of hydrogen-bond donors (Lipinski definition) is 0. The lowest BCUT2D eigenvalue weighted by Gasteiger charge is -2.42. The predicted octanol–water partition coefficient (Wildman–Crippen LogP) is 2.78. The molecule has 2 aliphatic heterocycles. The molecule has 1 amide bonds. The third-order valence-corrected chi connectivity index (χ3v) is 9.20. The van der Waals surface area contributed by atoms with E-state index in [1.807, 2.05) is 18.7 Å². The number of ether oxygens (including phenoxy) is 2. The number of sulfonamides is 1. The molecule has 1 unspecified atom stereocenters. The van der Waals surface area contributed by atoms with Gasteiger partial charge in [-0.25, -0.2) is 22.2 Å². The number of hydrogen-bond acceptors (Lipinski definition) is 7. The predicted molar refractivity (Wildman–Crippen MR) is 129 cm³/mol. The fourth-order valence-electron chi connectivity index (χ4n) is 5.29. The highest BCUT2D eigenvalue weighted by Gasteiger charge is 2.45. The third-order valence-electron chi connectivity index (χ3n) is 7.33. The second-order valence-corrected chi connectivity index (χ2v) is 12.0. The Balaban J connectivity index is 1.64. The zero-order chi connectivity index (χ0) is 26.3. The van der Waals surface area contributed by atoms with Gasteiger partial charge in [-0.05, 0) is 52.2 Å². The number of alkyl halides is 2. The van der Waals surface area contributed by atoms with E-state index in [0.717, 1.165) is 4.31 Å². The Labute approximate surface area is 211 Å². The van der Waals surface area contributed by atoms with E-state index in [-0.39, 0.29) is 61.9 Å². The minimum absolute atomic E-state index is 0.0111. The van der Waals surface area contributed by atoms with Crippen LogP contribution in [0.5, 0.6) is 0 Å². The first-order valence-corrected chi connectivity index (χ1v) is 14.0. The first kappa shape index (κ1) is 27.2. The standard InChI is InChI=1S/C24H36F2N4O5S/c1-16-6-7-20(21(27-16)30-17(2)14-34-15-18(30)3)36(32,33)29-12-5-13-35-23(29)22(31)28(4)19-8-10-24(25,26)11-9-19/h6-7,17-19,23H,5,8-15H2,1-4H3/t17-,18-,23?/m0/s1. The molecule has 2 saturated heterocycles. The second-order valence-electron chi connectivity index (χ2n) is 10.1. The summed E-state index contributed by atoms with van der Waals surface area (Å²) in [7, 11) is -2.65. The lowest BCUT2D eigenvalue weighted by molar-refractivity contribution is -0.159. The summed E-state index contributed by atoms with van der Waals surface area (Å²) in [6.45, 7) is 6.93. The van der Waals surface area contributed by atoms with Gasteiger partial charge < -0.3 is 19.3 Å². The van der Waals surface area contributed by atoms with E-state index >= 15 is 0 Å². The van der Waals surface area contributed by atoms with Crippen molar-refractivity contribution in [2.45, 2.75) is 88.0 Å². The first-order valence-electron chi connectivity index (χ1n) is 12.5. The second kappa shape index (κ2) is 10.5. The van der Waals surface area contributed by atoms with Crippen LogP contribution in [0.1, 0.15) is 51.6 Å². The maximum Gasteiger partial charge on any atom is 0.268 e. The zero-order valence-corrected chi connectivity index (χ0v) is 22.1. The molecule has 0 aromatic carbocycles. The van der Waals surface area contributed by atoms with Crippen LogP contribution in [-0.4, -0.2) is 92.2 Å². The summed E-state index contributed by atoms with van der Waals surface area (Å²) < 4.78 is 67.8. The zero-order valence-electron chi connectivity index (χ0n) is 21.3. The molecule has 12 heteroatoms. The molecule has 1 saturated carbocycles. The van der Waals surface area contributed by atoms with Gasteiger partial charge in [-0.1, -0.05) is 0 Å². The van der Waals surface area contributed by atoms with Gasteiger partial charge in [0.2, 0.25) is 22.2 Å². The highest BCUT2D eigenvalue weighted by Crippen LogP contribution is 2.36. The number of amides is 1. The number of anilines is 1. The lowest BCUT2D eigenvalue weighted by atomic mass is 9.91. The molecule has 1 aromatic heterocycles. The highest BCUT2D eigenvalue weighted by atomic mass is 32.2.